The van der Waals surface area contributed by atoms with Gasteiger partial charge in [0, 0.05) is 12.0 Å². The summed E-state index contributed by atoms with van der Waals surface area (Å²) >= 11 is 1.50. The molecule has 20 heavy (non-hydrogen) atoms. The lowest BCUT2D eigenvalue weighted by Crippen LogP contribution is -2.39. The Bertz CT molecular complexity index is 547. The van der Waals surface area contributed by atoms with E-state index >= 15 is 0 Å². The molecule has 1 aliphatic rings. The van der Waals surface area contributed by atoms with Crippen molar-refractivity contribution in [2.24, 2.45) is 11.7 Å². The Labute approximate surface area is 122 Å². The summed E-state index contributed by atoms with van der Waals surface area (Å²) in [5, 5.41) is 12.7. The maximum Gasteiger partial charge on any atom is 0.244 e. The van der Waals surface area contributed by atoms with Crippen LogP contribution in [0.4, 0.5) is 5.00 Å². The smallest absolute Gasteiger partial charge is 0.244 e. The number of nitrogens with zero attached hydrogens (tertiary/aromatic N) is 1. The molecule has 2 unspecified atom stereocenters. The number of carbonyl (C=O) groups is 1. The Morgan fingerprint density at radius 1 is 1.70 bits per heavy atom. The van der Waals surface area contributed by atoms with Gasteiger partial charge in [0.05, 0.1) is 12.2 Å². The molecule has 2 atom stereocenters. The molecule has 1 heterocycles. The fraction of sp³-hybridized carbons (Fsp3) is 0.571. The molecule has 1 aromatic rings. The van der Waals surface area contributed by atoms with Gasteiger partial charge in [-0.3, -0.25) is 4.79 Å². The van der Waals surface area contributed by atoms with Crippen molar-refractivity contribution in [3.05, 3.63) is 16.0 Å². The monoisotopic (exact) mass is 293 g/mol. The predicted molar refractivity (Wildman–Crippen MR) is 78.7 cm³/mol. The maximum atomic E-state index is 11.9. The van der Waals surface area contributed by atoms with Gasteiger partial charge in [-0.05, 0) is 30.7 Å². The highest BCUT2D eigenvalue weighted by Crippen LogP contribution is 2.39. The zero-order chi connectivity index (χ0) is 14.7. The zero-order valence-electron chi connectivity index (χ0n) is 11.7. The predicted octanol–water partition coefficient (Wildman–Crippen LogP) is 1.66. The number of rotatable bonds is 4. The second kappa shape index (κ2) is 6.35. The van der Waals surface area contributed by atoms with Crippen molar-refractivity contribution in [3.8, 4) is 6.07 Å². The first-order chi connectivity index (χ1) is 9.56. The third-order valence-electron chi connectivity index (χ3n) is 3.54. The number of nitrogens with two attached hydrogens (primary N) is 1. The molecular weight excluding hydrogens is 274 g/mol. The largest absolute Gasteiger partial charge is 0.383 e. The second-order valence-corrected chi connectivity index (χ2v) is 6.32. The molecular formula is C14H19N3O2S. The summed E-state index contributed by atoms with van der Waals surface area (Å²) in [5.41, 5.74) is 7.41. The summed E-state index contributed by atoms with van der Waals surface area (Å²) in [5.74, 6) is 0.321. The number of anilines is 1. The van der Waals surface area contributed by atoms with E-state index in [9.17, 15) is 10.1 Å². The summed E-state index contributed by atoms with van der Waals surface area (Å²) in [6.45, 7) is 2.37. The van der Waals surface area contributed by atoms with Crippen LogP contribution in [-0.4, -0.2) is 25.7 Å². The zero-order valence-corrected chi connectivity index (χ0v) is 12.5. The van der Waals surface area contributed by atoms with Gasteiger partial charge >= 0.3 is 0 Å². The van der Waals surface area contributed by atoms with Gasteiger partial charge < -0.3 is 15.8 Å². The second-order valence-electron chi connectivity index (χ2n) is 5.22. The molecule has 2 rings (SSSR count). The molecule has 0 saturated carbocycles. The van der Waals surface area contributed by atoms with Gasteiger partial charge in [0.15, 0.2) is 0 Å². The van der Waals surface area contributed by atoms with Gasteiger partial charge in [0.25, 0.3) is 0 Å². The maximum absolute atomic E-state index is 11.9. The highest BCUT2D eigenvalue weighted by Gasteiger charge is 2.25. The van der Waals surface area contributed by atoms with Crippen LogP contribution in [0.1, 0.15) is 29.3 Å². The van der Waals surface area contributed by atoms with Crippen LogP contribution in [0.2, 0.25) is 0 Å². The Hall–Kier alpha value is -1.42. The van der Waals surface area contributed by atoms with Gasteiger partial charge in [-0.1, -0.05) is 6.92 Å². The van der Waals surface area contributed by atoms with Gasteiger partial charge in [0.1, 0.15) is 17.1 Å². The third kappa shape index (κ3) is 3.01. The molecule has 1 aliphatic carbocycles. The van der Waals surface area contributed by atoms with Crippen molar-refractivity contribution in [3.63, 3.8) is 0 Å². The van der Waals surface area contributed by atoms with Crippen molar-refractivity contribution in [1.82, 2.24) is 0 Å². The highest BCUT2D eigenvalue weighted by molar-refractivity contribution is 7.16. The molecule has 0 bridgehead atoms. The molecule has 0 saturated heterocycles. The lowest BCUT2D eigenvalue weighted by atomic mass is 9.88. The van der Waals surface area contributed by atoms with Crippen LogP contribution in [0.5, 0.6) is 0 Å². The number of fused-ring (bicyclic) bond motifs is 1. The van der Waals surface area contributed by atoms with Crippen LogP contribution < -0.4 is 11.1 Å². The molecule has 0 fully saturated rings. The number of hydrogen-bond donors (Lipinski definition) is 2. The fourth-order valence-electron chi connectivity index (χ4n) is 2.42. The Kier molecular flexibility index (Phi) is 4.76. The van der Waals surface area contributed by atoms with E-state index in [1.807, 2.05) is 0 Å². The number of amides is 1. The molecule has 108 valence electrons. The summed E-state index contributed by atoms with van der Waals surface area (Å²) in [6, 6.07) is 1.50. The van der Waals surface area contributed by atoms with E-state index in [1.54, 1.807) is 0 Å². The number of carbonyl (C=O) groups excluding carboxylic acids is 1. The average molecular weight is 293 g/mol. The van der Waals surface area contributed by atoms with Gasteiger partial charge in [0.2, 0.25) is 5.91 Å². The van der Waals surface area contributed by atoms with Crippen molar-refractivity contribution >= 4 is 22.2 Å². The summed E-state index contributed by atoms with van der Waals surface area (Å²) in [4.78, 5) is 13.1. The number of nitriles is 1. The Balaban J connectivity index is 2.21. The first kappa shape index (κ1) is 15.0. The van der Waals surface area contributed by atoms with E-state index < -0.39 is 6.04 Å². The number of hydrogen-bond acceptors (Lipinski definition) is 5. The number of ether oxygens (including phenoxy) is 1. The minimum Gasteiger partial charge on any atom is -0.383 e. The van der Waals surface area contributed by atoms with E-state index in [1.165, 1.54) is 23.3 Å². The van der Waals surface area contributed by atoms with Crippen molar-refractivity contribution in [1.29, 1.82) is 5.26 Å². The highest BCUT2D eigenvalue weighted by atomic mass is 32.1. The van der Waals surface area contributed by atoms with Gasteiger partial charge in [-0.2, -0.15) is 5.26 Å². The topological polar surface area (TPSA) is 88.1 Å². The van der Waals surface area contributed by atoms with Crippen LogP contribution in [-0.2, 0) is 22.4 Å². The van der Waals surface area contributed by atoms with E-state index in [0.29, 0.717) is 16.5 Å². The Morgan fingerprint density at radius 2 is 2.45 bits per heavy atom. The quantitative estimate of drug-likeness (QED) is 0.883. The van der Waals surface area contributed by atoms with Crippen LogP contribution >= 0.6 is 11.3 Å². The molecule has 0 aromatic carbocycles. The standard InChI is InChI=1S/C14H19N3O2S/c1-8-3-4-9-10(6-15)14(20-12(9)5-8)17-13(18)11(16)7-19-2/h8,11H,3-5,7,16H2,1-2H3,(H,17,18). The minimum absolute atomic E-state index is 0.163. The summed E-state index contributed by atoms with van der Waals surface area (Å²) in [6.07, 6.45) is 2.99. The van der Waals surface area contributed by atoms with Crippen molar-refractivity contribution in [2.45, 2.75) is 32.2 Å². The number of thiophene rings is 1. The van der Waals surface area contributed by atoms with E-state index in [2.05, 4.69) is 18.3 Å². The fourth-order valence-corrected chi connectivity index (χ4v) is 3.78. The summed E-state index contributed by atoms with van der Waals surface area (Å²) in [7, 11) is 1.50. The van der Waals surface area contributed by atoms with Crippen molar-refractivity contribution < 1.29 is 9.53 Å². The van der Waals surface area contributed by atoms with Gasteiger partial charge in [-0.25, -0.2) is 0 Å². The third-order valence-corrected chi connectivity index (χ3v) is 4.71. The van der Waals surface area contributed by atoms with Crippen LogP contribution in [0.25, 0.3) is 0 Å². The normalized spacial score (nSPS) is 19.0. The molecule has 6 heteroatoms. The molecule has 3 N–H and O–H groups in total. The van der Waals surface area contributed by atoms with Crippen molar-refractivity contribution in [2.75, 3.05) is 19.0 Å². The average Bonchev–Trinajstić information content (AvgIpc) is 2.74. The SMILES string of the molecule is COCC(N)C(=O)Nc1sc2c(c1C#N)CCC(C)C2. The molecule has 1 aromatic heterocycles. The minimum atomic E-state index is -0.718. The molecule has 0 radical (unpaired) electrons. The molecule has 0 aliphatic heterocycles. The van der Waals surface area contributed by atoms with E-state index in [-0.39, 0.29) is 12.5 Å². The number of methoxy groups -OCH3 is 1. The van der Waals surface area contributed by atoms with E-state index in [4.69, 9.17) is 10.5 Å². The molecule has 0 spiro atoms. The Morgan fingerprint density at radius 3 is 3.10 bits per heavy atom. The lowest BCUT2D eigenvalue weighted by Gasteiger charge is -2.17. The van der Waals surface area contributed by atoms with Crippen LogP contribution in [0.3, 0.4) is 0 Å². The first-order valence-electron chi connectivity index (χ1n) is 6.66. The lowest BCUT2D eigenvalue weighted by molar-refractivity contribution is -0.118. The van der Waals surface area contributed by atoms with Crippen LogP contribution in [0, 0.1) is 17.2 Å². The van der Waals surface area contributed by atoms with Gasteiger partial charge in [-0.15, -0.1) is 11.3 Å². The first-order valence-corrected chi connectivity index (χ1v) is 7.48. The van der Waals surface area contributed by atoms with E-state index in [0.717, 1.165) is 24.8 Å². The number of nitrogens with one attached hydrogen (secondary N) is 1. The molecule has 5 nitrogen and oxygen atoms in total. The molecule has 1 amide bonds. The van der Waals surface area contributed by atoms with Crippen LogP contribution in [0.15, 0.2) is 0 Å². The summed E-state index contributed by atoms with van der Waals surface area (Å²) < 4.78 is 4.87.